The first-order valence-electron chi connectivity index (χ1n) is 5.11. The zero-order valence-corrected chi connectivity index (χ0v) is 9.79. The molecule has 0 heterocycles. The predicted octanol–water partition coefficient (Wildman–Crippen LogP) is 3.11. The molecule has 0 bridgehead atoms. The van der Waals surface area contributed by atoms with Crippen molar-refractivity contribution in [2.45, 2.75) is 19.8 Å². The summed E-state index contributed by atoms with van der Waals surface area (Å²) in [6.45, 7) is 2.38. The molecule has 0 aromatic heterocycles. The number of carbonyl (C=O) groups excluding carboxylic acids is 2. The minimum Gasteiger partial charge on any atom is -0.462 e. The van der Waals surface area contributed by atoms with E-state index in [1.807, 2.05) is 6.92 Å². The molecule has 86 valence electrons. The Hall–Kier alpha value is -1.35. The Kier molecular flexibility index (Phi) is 4.99. The van der Waals surface area contributed by atoms with Crippen LogP contribution in [0.15, 0.2) is 18.2 Å². The molecule has 0 amide bonds. The van der Waals surface area contributed by atoms with Gasteiger partial charge in [0.25, 0.3) is 0 Å². The van der Waals surface area contributed by atoms with Crippen molar-refractivity contribution in [3.63, 3.8) is 0 Å². The third-order valence-corrected chi connectivity index (χ3v) is 2.41. The van der Waals surface area contributed by atoms with Crippen molar-refractivity contribution in [1.29, 1.82) is 0 Å². The smallest absolute Gasteiger partial charge is 0.339 e. The molecule has 1 rings (SSSR count). The van der Waals surface area contributed by atoms with Crippen LogP contribution in [-0.2, 0) is 4.74 Å². The highest BCUT2D eigenvalue weighted by atomic mass is 35.5. The molecule has 3 nitrogen and oxygen atoms in total. The summed E-state index contributed by atoms with van der Waals surface area (Å²) in [7, 11) is 0. The summed E-state index contributed by atoms with van der Waals surface area (Å²) in [6, 6.07) is 4.50. The first-order chi connectivity index (χ1) is 7.69. The monoisotopic (exact) mass is 240 g/mol. The van der Waals surface area contributed by atoms with Crippen LogP contribution in [0.2, 0.25) is 5.02 Å². The van der Waals surface area contributed by atoms with Gasteiger partial charge in [-0.05, 0) is 18.6 Å². The van der Waals surface area contributed by atoms with Crippen LogP contribution >= 0.6 is 11.6 Å². The Bertz CT molecular complexity index is 388. The van der Waals surface area contributed by atoms with E-state index in [1.54, 1.807) is 6.07 Å². The van der Waals surface area contributed by atoms with Gasteiger partial charge in [0, 0.05) is 5.56 Å². The average molecular weight is 241 g/mol. The second kappa shape index (κ2) is 6.28. The minimum absolute atomic E-state index is 0.238. The van der Waals surface area contributed by atoms with E-state index in [1.165, 1.54) is 12.1 Å². The number of hydrogen-bond donors (Lipinski definition) is 0. The Morgan fingerprint density at radius 3 is 2.88 bits per heavy atom. The minimum atomic E-state index is -0.484. The van der Waals surface area contributed by atoms with Gasteiger partial charge in [0.05, 0.1) is 17.2 Å². The number of unbranched alkanes of at least 4 members (excludes halogenated alkanes) is 1. The number of benzene rings is 1. The number of aldehydes is 1. The standard InChI is InChI=1S/C12H13ClO3/c1-2-3-6-16-12(15)10-7-9(8-14)4-5-11(10)13/h4-5,7-8H,2-3,6H2,1H3. The summed E-state index contributed by atoms with van der Waals surface area (Å²) in [5.41, 5.74) is 0.647. The van der Waals surface area contributed by atoms with Crippen LogP contribution in [0.3, 0.4) is 0 Å². The quantitative estimate of drug-likeness (QED) is 0.451. The summed E-state index contributed by atoms with van der Waals surface area (Å²) in [4.78, 5) is 22.1. The van der Waals surface area contributed by atoms with Gasteiger partial charge in [0.15, 0.2) is 0 Å². The van der Waals surface area contributed by atoms with Crippen molar-refractivity contribution in [3.05, 3.63) is 34.3 Å². The van der Waals surface area contributed by atoms with Crippen molar-refractivity contribution < 1.29 is 14.3 Å². The van der Waals surface area contributed by atoms with Crippen LogP contribution in [0.1, 0.15) is 40.5 Å². The third-order valence-electron chi connectivity index (χ3n) is 2.08. The largest absolute Gasteiger partial charge is 0.462 e. The molecule has 1 aromatic rings. The molecule has 4 heteroatoms. The van der Waals surface area contributed by atoms with Crippen LogP contribution < -0.4 is 0 Å². The molecular formula is C12H13ClO3. The highest BCUT2D eigenvalue weighted by Crippen LogP contribution is 2.18. The summed E-state index contributed by atoms with van der Waals surface area (Å²) in [5.74, 6) is -0.484. The van der Waals surface area contributed by atoms with Crippen molar-refractivity contribution in [2.75, 3.05) is 6.61 Å². The highest BCUT2D eigenvalue weighted by Gasteiger charge is 2.12. The predicted molar refractivity (Wildman–Crippen MR) is 62.0 cm³/mol. The summed E-state index contributed by atoms with van der Waals surface area (Å²) >= 11 is 5.84. The highest BCUT2D eigenvalue weighted by molar-refractivity contribution is 6.33. The maximum atomic E-state index is 11.6. The zero-order valence-electron chi connectivity index (χ0n) is 9.03. The molecule has 0 saturated carbocycles. The maximum absolute atomic E-state index is 11.6. The van der Waals surface area contributed by atoms with Gasteiger partial charge >= 0.3 is 5.97 Å². The normalized spacial score (nSPS) is 9.88. The Morgan fingerprint density at radius 1 is 1.50 bits per heavy atom. The van der Waals surface area contributed by atoms with E-state index >= 15 is 0 Å². The molecule has 0 aliphatic carbocycles. The molecule has 0 atom stereocenters. The van der Waals surface area contributed by atoms with E-state index in [-0.39, 0.29) is 5.56 Å². The van der Waals surface area contributed by atoms with E-state index in [0.29, 0.717) is 23.5 Å². The molecule has 1 aromatic carbocycles. The van der Waals surface area contributed by atoms with Crippen LogP contribution in [0.4, 0.5) is 0 Å². The van der Waals surface area contributed by atoms with Gasteiger partial charge < -0.3 is 4.74 Å². The van der Waals surface area contributed by atoms with E-state index in [2.05, 4.69) is 0 Å². The SMILES string of the molecule is CCCCOC(=O)c1cc(C=O)ccc1Cl. The van der Waals surface area contributed by atoms with Gasteiger partial charge in [-0.3, -0.25) is 4.79 Å². The maximum Gasteiger partial charge on any atom is 0.339 e. The molecule has 0 aliphatic rings. The molecular weight excluding hydrogens is 228 g/mol. The summed E-state index contributed by atoms with van der Waals surface area (Å²) in [6.07, 6.45) is 2.44. The van der Waals surface area contributed by atoms with Gasteiger partial charge in [-0.1, -0.05) is 31.0 Å². The molecule has 0 N–H and O–H groups in total. The van der Waals surface area contributed by atoms with Gasteiger partial charge in [-0.15, -0.1) is 0 Å². The molecule has 0 spiro atoms. The molecule has 0 radical (unpaired) electrons. The molecule has 0 saturated heterocycles. The van der Waals surface area contributed by atoms with E-state index in [4.69, 9.17) is 16.3 Å². The van der Waals surface area contributed by atoms with Crippen LogP contribution in [0.5, 0.6) is 0 Å². The Balaban J connectivity index is 2.77. The Morgan fingerprint density at radius 2 is 2.25 bits per heavy atom. The number of ether oxygens (including phenoxy) is 1. The van der Waals surface area contributed by atoms with Crippen molar-refractivity contribution >= 4 is 23.9 Å². The van der Waals surface area contributed by atoms with Crippen molar-refractivity contribution in [1.82, 2.24) is 0 Å². The fourth-order valence-corrected chi connectivity index (χ4v) is 1.35. The fourth-order valence-electron chi connectivity index (χ4n) is 1.16. The number of halogens is 1. The topological polar surface area (TPSA) is 43.4 Å². The number of esters is 1. The van der Waals surface area contributed by atoms with Gasteiger partial charge in [-0.2, -0.15) is 0 Å². The number of carbonyl (C=O) groups is 2. The zero-order chi connectivity index (χ0) is 12.0. The lowest BCUT2D eigenvalue weighted by atomic mass is 10.1. The average Bonchev–Trinajstić information content (AvgIpc) is 2.30. The Labute approximate surface area is 99.4 Å². The lowest BCUT2D eigenvalue weighted by molar-refractivity contribution is 0.0500. The van der Waals surface area contributed by atoms with Gasteiger partial charge in [0.2, 0.25) is 0 Å². The third kappa shape index (κ3) is 3.35. The van der Waals surface area contributed by atoms with E-state index in [9.17, 15) is 9.59 Å². The molecule has 16 heavy (non-hydrogen) atoms. The van der Waals surface area contributed by atoms with Crippen molar-refractivity contribution in [3.8, 4) is 0 Å². The van der Waals surface area contributed by atoms with E-state index in [0.717, 1.165) is 12.8 Å². The first kappa shape index (κ1) is 12.7. The van der Waals surface area contributed by atoms with Crippen LogP contribution in [0.25, 0.3) is 0 Å². The second-order valence-electron chi connectivity index (χ2n) is 3.35. The lowest BCUT2D eigenvalue weighted by Crippen LogP contribution is -2.07. The first-order valence-corrected chi connectivity index (χ1v) is 5.48. The summed E-state index contributed by atoms with van der Waals surface area (Å²) in [5, 5.41) is 0.298. The molecule has 0 unspecified atom stereocenters. The van der Waals surface area contributed by atoms with E-state index < -0.39 is 5.97 Å². The molecule has 0 aliphatic heterocycles. The van der Waals surface area contributed by atoms with Crippen LogP contribution in [-0.4, -0.2) is 18.9 Å². The van der Waals surface area contributed by atoms with Gasteiger partial charge in [-0.25, -0.2) is 4.79 Å². The van der Waals surface area contributed by atoms with Crippen LogP contribution in [0, 0.1) is 0 Å². The number of hydrogen-bond acceptors (Lipinski definition) is 3. The number of rotatable bonds is 5. The second-order valence-corrected chi connectivity index (χ2v) is 3.75. The fraction of sp³-hybridized carbons (Fsp3) is 0.333. The van der Waals surface area contributed by atoms with Crippen molar-refractivity contribution in [2.24, 2.45) is 0 Å². The molecule has 0 fully saturated rings. The summed E-state index contributed by atoms with van der Waals surface area (Å²) < 4.78 is 5.01. The lowest BCUT2D eigenvalue weighted by Gasteiger charge is -2.05. The van der Waals surface area contributed by atoms with Gasteiger partial charge in [0.1, 0.15) is 6.29 Å².